The predicted octanol–water partition coefficient (Wildman–Crippen LogP) is 3.36. The van der Waals surface area contributed by atoms with Crippen molar-refractivity contribution in [2.75, 3.05) is 16.4 Å². The summed E-state index contributed by atoms with van der Waals surface area (Å²) in [6.45, 7) is 3.57. The van der Waals surface area contributed by atoms with Crippen LogP contribution < -0.4 is 4.90 Å². The van der Waals surface area contributed by atoms with E-state index in [1.165, 1.54) is 11.8 Å². The second kappa shape index (κ2) is 6.63. The molecule has 1 aromatic carbocycles. The third kappa shape index (κ3) is 3.52. The summed E-state index contributed by atoms with van der Waals surface area (Å²) in [7, 11) is -3.09. The van der Waals surface area contributed by atoms with Gasteiger partial charge in [-0.15, -0.1) is 0 Å². The molecule has 24 heavy (non-hydrogen) atoms. The van der Waals surface area contributed by atoms with Gasteiger partial charge in [0.25, 0.3) is 5.91 Å². The van der Waals surface area contributed by atoms with Gasteiger partial charge in [0.05, 0.1) is 28.3 Å². The van der Waals surface area contributed by atoms with Crippen LogP contribution in [0.3, 0.4) is 0 Å². The van der Waals surface area contributed by atoms with Crippen LogP contribution in [0.2, 0.25) is 5.02 Å². The number of amides is 1. The smallest absolute Gasteiger partial charge is 0.250 e. The predicted molar refractivity (Wildman–Crippen MR) is 103 cm³/mol. The fourth-order valence-corrected chi connectivity index (χ4v) is 7.42. The highest BCUT2D eigenvalue weighted by molar-refractivity contribution is 9.10. The molecule has 1 amide bonds. The Morgan fingerprint density at radius 3 is 2.75 bits per heavy atom. The van der Waals surface area contributed by atoms with Crippen molar-refractivity contribution < 1.29 is 13.2 Å². The van der Waals surface area contributed by atoms with E-state index in [0.717, 1.165) is 4.47 Å². The normalized spacial score (nSPS) is 27.0. The molecular weight excluding hydrogens is 436 g/mol. The number of rotatable bonds is 2. The van der Waals surface area contributed by atoms with E-state index in [2.05, 4.69) is 20.9 Å². The first-order valence-corrected chi connectivity index (χ1v) is 11.3. The van der Waals surface area contributed by atoms with E-state index >= 15 is 0 Å². The zero-order valence-electron chi connectivity index (χ0n) is 13.1. The number of benzene rings is 1. The molecule has 2 saturated heterocycles. The van der Waals surface area contributed by atoms with Crippen LogP contribution in [0.25, 0.3) is 0 Å². The number of carbonyl (C=O) groups excluding carboxylic acids is 1. The van der Waals surface area contributed by atoms with Crippen LogP contribution >= 0.6 is 39.3 Å². The molecule has 130 valence electrons. The van der Waals surface area contributed by atoms with Crippen LogP contribution in [0.15, 0.2) is 27.7 Å². The molecule has 0 spiro atoms. The van der Waals surface area contributed by atoms with Gasteiger partial charge in [0.1, 0.15) is 0 Å². The van der Waals surface area contributed by atoms with Gasteiger partial charge in [0, 0.05) is 15.6 Å². The maximum atomic E-state index is 12.1. The van der Waals surface area contributed by atoms with Crippen molar-refractivity contribution >= 4 is 65.9 Å². The minimum Gasteiger partial charge on any atom is -0.314 e. The molecule has 0 radical (unpaired) electrons. The van der Waals surface area contributed by atoms with Gasteiger partial charge in [-0.05, 0) is 18.2 Å². The quantitative estimate of drug-likeness (QED) is 0.690. The highest BCUT2D eigenvalue weighted by Crippen LogP contribution is 2.43. The van der Waals surface area contributed by atoms with Crippen LogP contribution in [0, 0.1) is 5.92 Å². The van der Waals surface area contributed by atoms with Gasteiger partial charge in [-0.3, -0.25) is 4.79 Å². The number of hydrogen-bond donors (Lipinski definition) is 0. The van der Waals surface area contributed by atoms with E-state index in [1.54, 1.807) is 19.9 Å². The van der Waals surface area contributed by atoms with Crippen molar-refractivity contribution in [2.45, 2.75) is 25.1 Å². The van der Waals surface area contributed by atoms with Gasteiger partial charge in [-0.2, -0.15) is 4.99 Å². The maximum Gasteiger partial charge on any atom is 0.250 e. The van der Waals surface area contributed by atoms with Crippen LogP contribution in [0.1, 0.15) is 13.8 Å². The van der Waals surface area contributed by atoms with Crippen molar-refractivity contribution in [1.29, 1.82) is 0 Å². The first-order chi connectivity index (χ1) is 11.2. The Labute approximate surface area is 158 Å². The SMILES string of the molecule is CC(C)C(=O)N=C1S[C@@H]2CS(=O)(=O)C[C@H]2N1c1ccc(Br)cc1Cl. The monoisotopic (exact) mass is 450 g/mol. The fourth-order valence-electron chi connectivity index (χ4n) is 2.75. The van der Waals surface area contributed by atoms with E-state index in [0.29, 0.717) is 15.9 Å². The molecule has 0 saturated carbocycles. The van der Waals surface area contributed by atoms with Crippen LogP contribution in [0.5, 0.6) is 0 Å². The number of sulfone groups is 1. The number of thioether (sulfide) groups is 1. The molecule has 0 aromatic heterocycles. The Balaban J connectivity index is 2.06. The first kappa shape index (κ1) is 18.2. The van der Waals surface area contributed by atoms with Crippen molar-refractivity contribution in [3.8, 4) is 0 Å². The minimum atomic E-state index is -3.09. The minimum absolute atomic E-state index is 0.0476. The number of amidine groups is 1. The summed E-state index contributed by atoms with van der Waals surface area (Å²) in [5.41, 5.74) is 0.673. The molecule has 2 heterocycles. The third-order valence-electron chi connectivity index (χ3n) is 3.94. The van der Waals surface area contributed by atoms with E-state index in [9.17, 15) is 13.2 Å². The second-order valence-electron chi connectivity index (χ2n) is 6.15. The van der Waals surface area contributed by atoms with Crippen molar-refractivity contribution in [2.24, 2.45) is 10.9 Å². The van der Waals surface area contributed by atoms with Gasteiger partial charge in [-0.25, -0.2) is 8.42 Å². The van der Waals surface area contributed by atoms with E-state index in [1.807, 2.05) is 17.0 Å². The maximum absolute atomic E-state index is 12.1. The van der Waals surface area contributed by atoms with Crippen molar-refractivity contribution in [3.63, 3.8) is 0 Å². The topological polar surface area (TPSA) is 66.8 Å². The number of aliphatic imine (C=N–C) groups is 1. The lowest BCUT2D eigenvalue weighted by Gasteiger charge is -2.25. The van der Waals surface area contributed by atoms with E-state index < -0.39 is 9.84 Å². The first-order valence-electron chi connectivity index (χ1n) is 7.42. The summed E-state index contributed by atoms with van der Waals surface area (Å²) >= 11 is 11.1. The summed E-state index contributed by atoms with van der Waals surface area (Å²) < 4.78 is 24.8. The number of anilines is 1. The average molecular weight is 452 g/mol. The molecule has 2 aliphatic heterocycles. The molecule has 3 rings (SSSR count). The highest BCUT2D eigenvalue weighted by Gasteiger charge is 2.49. The number of fused-ring (bicyclic) bond motifs is 1. The number of carbonyl (C=O) groups is 1. The Bertz CT molecular complexity index is 826. The fraction of sp³-hybridized carbons (Fsp3) is 0.467. The second-order valence-corrected chi connectivity index (χ2v) is 10.8. The summed E-state index contributed by atoms with van der Waals surface area (Å²) in [4.78, 5) is 18.1. The number of nitrogens with zero attached hydrogens (tertiary/aromatic N) is 2. The summed E-state index contributed by atoms with van der Waals surface area (Å²) in [5.74, 6) is -0.295. The molecule has 2 atom stereocenters. The molecule has 0 aliphatic carbocycles. The molecule has 0 N–H and O–H groups in total. The van der Waals surface area contributed by atoms with Crippen molar-refractivity contribution in [3.05, 3.63) is 27.7 Å². The average Bonchev–Trinajstić information content (AvgIpc) is 2.91. The molecule has 0 unspecified atom stereocenters. The summed E-state index contributed by atoms with van der Waals surface area (Å²) in [5, 5.41) is 0.885. The van der Waals surface area contributed by atoms with Gasteiger partial charge < -0.3 is 4.90 Å². The zero-order chi connectivity index (χ0) is 17.6. The van der Waals surface area contributed by atoms with Gasteiger partial charge >= 0.3 is 0 Å². The largest absolute Gasteiger partial charge is 0.314 e. The molecule has 2 aliphatic rings. The molecule has 1 aromatic rings. The Hall–Kier alpha value is -0.570. The Morgan fingerprint density at radius 2 is 2.12 bits per heavy atom. The lowest BCUT2D eigenvalue weighted by Crippen LogP contribution is -2.38. The van der Waals surface area contributed by atoms with E-state index in [4.69, 9.17) is 11.6 Å². The van der Waals surface area contributed by atoms with Crippen LogP contribution in [-0.2, 0) is 14.6 Å². The molecular formula is C15H16BrClN2O3S2. The molecule has 9 heteroatoms. The van der Waals surface area contributed by atoms with Gasteiger partial charge in [-0.1, -0.05) is 53.1 Å². The standard InChI is InChI=1S/C15H16BrClN2O3S2/c1-8(2)14(20)18-15-19(11-4-3-9(16)5-10(11)17)12-6-24(21,22)7-13(12)23-15/h3-5,8,12-13H,6-7H2,1-2H3/t12-,13-/m1/s1. The third-order valence-corrected chi connectivity index (χ3v) is 7.94. The van der Waals surface area contributed by atoms with Crippen LogP contribution in [-0.4, -0.2) is 42.3 Å². The Kier molecular flexibility index (Phi) is 5.03. The van der Waals surface area contributed by atoms with Crippen LogP contribution in [0.4, 0.5) is 5.69 Å². The zero-order valence-corrected chi connectivity index (χ0v) is 17.0. The van der Waals surface area contributed by atoms with Gasteiger partial charge in [0.15, 0.2) is 15.0 Å². The summed E-state index contributed by atoms with van der Waals surface area (Å²) in [6.07, 6.45) is 0. The molecule has 5 nitrogen and oxygen atoms in total. The lowest BCUT2D eigenvalue weighted by molar-refractivity contribution is -0.120. The van der Waals surface area contributed by atoms with E-state index in [-0.39, 0.29) is 34.6 Å². The number of hydrogen-bond acceptors (Lipinski definition) is 4. The van der Waals surface area contributed by atoms with Gasteiger partial charge in [0.2, 0.25) is 0 Å². The molecule has 0 bridgehead atoms. The lowest BCUT2D eigenvalue weighted by atomic mass is 10.2. The Morgan fingerprint density at radius 1 is 1.42 bits per heavy atom. The van der Waals surface area contributed by atoms with Crippen molar-refractivity contribution in [1.82, 2.24) is 0 Å². The summed E-state index contributed by atoms with van der Waals surface area (Å²) in [6, 6.07) is 5.15. The number of halogens is 2. The molecule has 2 fully saturated rings. The highest BCUT2D eigenvalue weighted by atomic mass is 79.9.